The van der Waals surface area contributed by atoms with Crippen LogP contribution in [0.15, 0.2) is 48.5 Å². The maximum atomic E-state index is 13.1. The Morgan fingerprint density at radius 1 is 1.03 bits per heavy atom. The zero-order valence-corrected chi connectivity index (χ0v) is 19.8. The van der Waals surface area contributed by atoms with Crippen LogP contribution in [0.3, 0.4) is 0 Å². The number of hydrogen-bond acceptors (Lipinski definition) is 3. The summed E-state index contributed by atoms with van der Waals surface area (Å²) in [6, 6.07) is 16.1. The summed E-state index contributed by atoms with van der Waals surface area (Å²) in [5.41, 5.74) is 4.07. The largest absolute Gasteiger partial charge is 0.355 e. The molecule has 0 aliphatic carbocycles. The van der Waals surface area contributed by atoms with Crippen molar-refractivity contribution in [1.82, 2.24) is 10.2 Å². The van der Waals surface area contributed by atoms with Gasteiger partial charge in [0, 0.05) is 25.2 Å². The zero-order chi connectivity index (χ0) is 22.9. The molecule has 5 heteroatoms. The fraction of sp³-hybridized carbons (Fsp3) is 0.481. The number of aryl methyl sites for hydroxylation is 1. The lowest BCUT2D eigenvalue weighted by atomic mass is 10.1. The fourth-order valence-corrected chi connectivity index (χ4v) is 4.10. The molecule has 1 heterocycles. The maximum Gasteiger partial charge on any atom is 0.227 e. The third-order valence-corrected chi connectivity index (χ3v) is 5.88. The molecule has 172 valence electrons. The quantitative estimate of drug-likeness (QED) is 0.604. The highest BCUT2D eigenvalue weighted by Gasteiger charge is 2.18. The minimum atomic E-state index is 0.0277. The van der Waals surface area contributed by atoms with Crippen LogP contribution in [0.1, 0.15) is 49.8 Å². The molecule has 0 spiro atoms. The summed E-state index contributed by atoms with van der Waals surface area (Å²) in [7, 11) is 0. The number of rotatable bonds is 10. The standard InChI is InChI=1S/C27H37N3O2/c1-21(2)17-27(32)30(20-23-11-9-22(3)10-12-23)25-8-6-7-24(18-25)19-26(31)28-13-16-29-14-4-5-15-29/h6-12,18,21H,4-5,13-17,19-20H2,1-3H3,(H,28,31). The minimum Gasteiger partial charge on any atom is -0.355 e. The highest BCUT2D eigenvalue weighted by atomic mass is 16.2. The Bertz CT molecular complexity index is 886. The number of hydrogen-bond donors (Lipinski definition) is 1. The van der Waals surface area contributed by atoms with Gasteiger partial charge in [0.2, 0.25) is 11.8 Å². The Morgan fingerprint density at radius 2 is 1.75 bits per heavy atom. The summed E-state index contributed by atoms with van der Waals surface area (Å²) in [4.78, 5) is 29.8. The predicted octanol–water partition coefficient (Wildman–Crippen LogP) is 4.33. The molecule has 1 N–H and O–H groups in total. The van der Waals surface area contributed by atoms with Crippen molar-refractivity contribution in [2.24, 2.45) is 5.92 Å². The molecule has 1 aliphatic heterocycles. The third-order valence-electron chi connectivity index (χ3n) is 5.88. The van der Waals surface area contributed by atoms with Gasteiger partial charge in [0.1, 0.15) is 0 Å². The summed E-state index contributed by atoms with van der Waals surface area (Å²) in [5, 5.41) is 3.04. The first kappa shape index (κ1) is 24.0. The predicted molar refractivity (Wildman–Crippen MR) is 131 cm³/mol. The number of likely N-dealkylation sites (tertiary alicyclic amines) is 1. The lowest BCUT2D eigenvalue weighted by Crippen LogP contribution is -2.34. The van der Waals surface area contributed by atoms with Gasteiger partial charge in [0.15, 0.2) is 0 Å². The van der Waals surface area contributed by atoms with E-state index in [0.29, 0.717) is 25.9 Å². The molecule has 0 bridgehead atoms. The van der Waals surface area contributed by atoms with E-state index < -0.39 is 0 Å². The van der Waals surface area contributed by atoms with Gasteiger partial charge in [0.25, 0.3) is 0 Å². The molecule has 0 atom stereocenters. The van der Waals surface area contributed by atoms with Gasteiger partial charge in [0.05, 0.1) is 13.0 Å². The Kier molecular flexibility index (Phi) is 8.86. The SMILES string of the molecule is Cc1ccc(CN(C(=O)CC(C)C)c2cccc(CC(=O)NCCN3CCCC3)c2)cc1. The molecular formula is C27H37N3O2. The summed E-state index contributed by atoms with van der Waals surface area (Å²) < 4.78 is 0. The molecule has 32 heavy (non-hydrogen) atoms. The van der Waals surface area contributed by atoms with E-state index in [0.717, 1.165) is 36.4 Å². The van der Waals surface area contributed by atoms with E-state index in [-0.39, 0.29) is 17.7 Å². The number of amides is 2. The van der Waals surface area contributed by atoms with E-state index >= 15 is 0 Å². The van der Waals surface area contributed by atoms with E-state index in [9.17, 15) is 9.59 Å². The lowest BCUT2D eigenvalue weighted by molar-refractivity contribution is -0.120. The van der Waals surface area contributed by atoms with Crippen LogP contribution in [0.2, 0.25) is 0 Å². The van der Waals surface area contributed by atoms with E-state index in [1.54, 1.807) is 0 Å². The highest BCUT2D eigenvalue weighted by Crippen LogP contribution is 2.22. The van der Waals surface area contributed by atoms with Crippen LogP contribution < -0.4 is 10.2 Å². The molecule has 1 aliphatic rings. The fourth-order valence-electron chi connectivity index (χ4n) is 4.10. The molecule has 2 aromatic rings. The number of anilines is 1. The molecule has 1 fully saturated rings. The molecule has 5 nitrogen and oxygen atoms in total. The first-order valence-corrected chi connectivity index (χ1v) is 11.8. The lowest BCUT2D eigenvalue weighted by Gasteiger charge is -2.25. The van der Waals surface area contributed by atoms with Crippen molar-refractivity contribution in [2.45, 2.75) is 53.0 Å². The Hall–Kier alpha value is -2.66. The van der Waals surface area contributed by atoms with E-state index in [1.165, 1.54) is 18.4 Å². The van der Waals surface area contributed by atoms with Crippen molar-refractivity contribution < 1.29 is 9.59 Å². The van der Waals surface area contributed by atoms with E-state index in [1.807, 2.05) is 29.2 Å². The average molecular weight is 436 g/mol. The Labute approximate surface area is 192 Å². The van der Waals surface area contributed by atoms with Crippen molar-refractivity contribution in [3.63, 3.8) is 0 Å². The average Bonchev–Trinajstić information content (AvgIpc) is 3.26. The van der Waals surface area contributed by atoms with E-state index in [2.05, 4.69) is 55.3 Å². The van der Waals surface area contributed by atoms with Gasteiger partial charge in [-0.05, 0) is 62.0 Å². The van der Waals surface area contributed by atoms with E-state index in [4.69, 9.17) is 0 Å². The molecule has 1 saturated heterocycles. The summed E-state index contributed by atoms with van der Waals surface area (Å²) >= 11 is 0. The van der Waals surface area contributed by atoms with Crippen molar-refractivity contribution in [1.29, 1.82) is 0 Å². The van der Waals surface area contributed by atoms with Gasteiger partial charge < -0.3 is 15.1 Å². The summed E-state index contributed by atoms with van der Waals surface area (Å²) in [5.74, 6) is 0.417. The number of carbonyl (C=O) groups is 2. The van der Waals surface area contributed by atoms with Crippen molar-refractivity contribution in [3.8, 4) is 0 Å². The van der Waals surface area contributed by atoms with Crippen LogP contribution in [-0.2, 0) is 22.6 Å². The molecule has 0 saturated carbocycles. The molecule has 2 aromatic carbocycles. The third kappa shape index (κ3) is 7.49. The van der Waals surface area contributed by atoms with Crippen LogP contribution >= 0.6 is 0 Å². The summed E-state index contributed by atoms with van der Waals surface area (Å²) in [6.07, 6.45) is 3.34. The molecule has 3 rings (SSSR count). The second-order valence-corrected chi connectivity index (χ2v) is 9.31. The molecule has 0 aromatic heterocycles. The topological polar surface area (TPSA) is 52.7 Å². The van der Waals surface area contributed by atoms with Crippen LogP contribution in [0.25, 0.3) is 0 Å². The van der Waals surface area contributed by atoms with Gasteiger partial charge in [-0.25, -0.2) is 0 Å². The number of benzene rings is 2. The smallest absolute Gasteiger partial charge is 0.227 e. The first-order chi connectivity index (χ1) is 15.4. The monoisotopic (exact) mass is 435 g/mol. The number of carbonyl (C=O) groups excluding carboxylic acids is 2. The number of nitrogens with one attached hydrogen (secondary N) is 1. The van der Waals surface area contributed by atoms with Crippen LogP contribution in [0.4, 0.5) is 5.69 Å². The maximum absolute atomic E-state index is 13.1. The molecule has 0 radical (unpaired) electrons. The first-order valence-electron chi connectivity index (χ1n) is 11.8. The Morgan fingerprint density at radius 3 is 2.44 bits per heavy atom. The highest BCUT2D eigenvalue weighted by molar-refractivity contribution is 5.93. The second-order valence-electron chi connectivity index (χ2n) is 9.31. The van der Waals surface area contributed by atoms with Crippen molar-refractivity contribution >= 4 is 17.5 Å². The van der Waals surface area contributed by atoms with Gasteiger partial charge in [-0.2, -0.15) is 0 Å². The van der Waals surface area contributed by atoms with Gasteiger partial charge in [-0.15, -0.1) is 0 Å². The number of nitrogens with zero attached hydrogens (tertiary/aromatic N) is 2. The van der Waals surface area contributed by atoms with Gasteiger partial charge in [-0.3, -0.25) is 9.59 Å². The van der Waals surface area contributed by atoms with Crippen molar-refractivity contribution in [2.75, 3.05) is 31.1 Å². The van der Waals surface area contributed by atoms with Gasteiger partial charge in [-0.1, -0.05) is 55.8 Å². The minimum absolute atomic E-state index is 0.0277. The van der Waals surface area contributed by atoms with Crippen molar-refractivity contribution in [3.05, 3.63) is 65.2 Å². The second kappa shape index (κ2) is 11.8. The van der Waals surface area contributed by atoms with Crippen LogP contribution in [-0.4, -0.2) is 42.9 Å². The normalized spacial score (nSPS) is 14.0. The van der Waals surface area contributed by atoms with Crippen LogP contribution in [0.5, 0.6) is 0 Å². The zero-order valence-electron chi connectivity index (χ0n) is 19.8. The molecule has 2 amide bonds. The van der Waals surface area contributed by atoms with Crippen LogP contribution in [0, 0.1) is 12.8 Å². The summed E-state index contributed by atoms with van der Waals surface area (Å²) in [6.45, 7) is 10.6. The Balaban J connectivity index is 1.66. The molecule has 0 unspecified atom stereocenters. The van der Waals surface area contributed by atoms with Gasteiger partial charge >= 0.3 is 0 Å². The molecular weight excluding hydrogens is 398 g/mol.